The molecule has 0 saturated carbocycles. The summed E-state index contributed by atoms with van der Waals surface area (Å²) in [4.78, 5) is 4.07. The minimum absolute atomic E-state index is 0.0531. The van der Waals surface area contributed by atoms with Crippen LogP contribution < -0.4 is 11.1 Å². The molecule has 2 rings (SSSR count). The first-order valence-electron chi connectivity index (χ1n) is 5.72. The molecule has 1 heterocycles. The summed E-state index contributed by atoms with van der Waals surface area (Å²) in [5, 5.41) is 14.8. The molecule has 0 radical (unpaired) electrons. The van der Waals surface area contributed by atoms with E-state index in [0.717, 1.165) is 11.3 Å². The van der Waals surface area contributed by atoms with E-state index in [1.54, 1.807) is 24.4 Å². The lowest BCUT2D eigenvalue weighted by atomic mass is 10.1. The summed E-state index contributed by atoms with van der Waals surface area (Å²) in [6, 6.07) is 8.19. The lowest BCUT2D eigenvalue weighted by Crippen LogP contribution is -2.18. The highest BCUT2D eigenvalue weighted by Gasteiger charge is 2.08. The van der Waals surface area contributed by atoms with Crippen LogP contribution in [0.1, 0.15) is 11.3 Å². The second kappa shape index (κ2) is 6.33. The molecule has 0 aliphatic carbocycles. The number of anilines is 1. The minimum atomic E-state index is -0.325. The van der Waals surface area contributed by atoms with E-state index in [-0.39, 0.29) is 11.7 Å². The average Bonchev–Trinajstić information content (AvgIpc) is 2.48. The lowest BCUT2D eigenvalue weighted by Gasteiger charge is -2.10. The molecule has 4 N–H and O–H groups in total. The van der Waals surface area contributed by atoms with Gasteiger partial charge in [-0.3, -0.25) is 4.98 Å². The van der Waals surface area contributed by atoms with Crippen molar-refractivity contribution in [2.75, 3.05) is 5.32 Å². The summed E-state index contributed by atoms with van der Waals surface area (Å²) < 4.78 is 13.5. The van der Waals surface area contributed by atoms with Gasteiger partial charge in [0, 0.05) is 24.0 Å². The number of rotatable bonds is 4. The number of aromatic nitrogens is 1. The normalized spacial score (nSPS) is 11.4. The maximum absolute atomic E-state index is 13.1. The topological polar surface area (TPSA) is 83.5 Å². The molecule has 0 spiro atoms. The van der Waals surface area contributed by atoms with Crippen LogP contribution in [0, 0.1) is 5.82 Å². The fraction of sp³-hybridized carbons (Fsp3) is 0.0769. The lowest BCUT2D eigenvalue weighted by molar-refractivity contribution is 0.318. The van der Waals surface area contributed by atoms with Crippen LogP contribution in [0.25, 0.3) is 0 Å². The van der Waals surface area contributed by atoms with Crippen LogP contribution in [0.4, 0.5) is 10.1 Å². The van der Waals surface area contributed by atoms with E-state index in [1.807, 2.05) is 6.07 Å². The summed E-state index contributed by atoms with van der Waals surface area (Å²) in [7, 11) is 0. The minimum Gasteiger partial charge on any atom is -0.409 e. The van der Waals surface area contributed by atoms with Crippen LogP contribution in [-0.2, 0) is 6.54 Å². The van der Waals surface area contributed by atoms with Crippen molar-refractivity contribution in [3.63, 3.8) is 0 Å². The molecule has 104 valence electrons. The van der Waals surface area contributed by atoms with Crippen LogP contribution in [0.2, 0.25) is 0 Å². The standard InChI is InChI=1S/C13H12BrFN4O/c14-10-6-9(3-4-11(10)15)18-7-8-2-1-5-17-12(8)13(16)19-20/h1-6,18,20H,7H2,(H2,16,19). The van der Waals surface area contributed by atoms with Gasteiger partial charge in [-0.25, -0.2) is 4.39 Å². The fourth-order valence-corrected chi connectivity index (χ4v) is 2.04. The molecule has 5 nitrogen and oxygen atoms in total. The predicted octanol–water partition coefficient (Wildman–Crippen LogP) is 2.69. The number of amidine groups is 1. The average molecular weight is 339 g/mol. The smallest absolute Gasteiger partial charge is 0.189 e. The van der Waals surface area contributed by atoms with E-state index in [2.05, 4.69) is 31.4 Å². The van der Waals surface area contributed by atoms with Gasteiger partial charge in [0.05, 0.1) is 4.47 Å². The third-order valence-corrected chi connectivity index (χ3v) is 3.25. The summed E-state index contributed by atoms with van der Waals surface area (Å²) in [5.74, 6) is -0.378. The summed E-state index contributed by atoms with van der Waals surface area (Å²) >= 11 is 3.12. The number of hydrogen-bond acceptors (Lipinski definition) is 4. The van der Waals surface area contributed by atoms with Crippen molar-refractivity contribution < 1.29 is 9.60 Å². The molecule has 0 atom stereocenters. The van der Waals surface area contributed by atoms with E-state index in [4.69, 9.17) is 10.9 Å². The highest BCUT2D eigenvalue weighted by atomic mass is 79.9. The Morgan fingerprint density at radius 3 is 2.95 bits per heavy atom. The molecule has 20 heavy (non-hydrogen) atoms. The highest BCUT2D eigenvalue weighted by molar-refractivity contribution is 9.10. The Morgan fingerprint density at radius 2 is 2.25 bits per heavy atom. The molecule has 0 saturated heterocycles. The van der Waals surface area contributed by atoms with Gasteiger partial charge in [0.25, 0.3) is 0 Å². The zero-order valence-electron chi connectivity index (χ0n) is 10.3. The maximum Gasteiger partial charge on any atom is 0.189 e. The number of nitrogens with one attached hydrogen (secondary N) is 1. The SMILES string of the molecule is N/C(=N/O)c1ncccc1CNc1ccc(F)c(Br)c1. The van der Waals surface area contributed by atoms with Crippen LogP contribution in [-0.4, -0.2) is 16.0 Å². The van der Waals surface area contributed by atoms with E-state index in [9.17, 15) is 4.39 Å². The van der Waals surface area contributed by atoms with Crippen LogP contribution in [0.3, 0.4) is 0 Å². The molecular formula is C13H12BrFN4O. The Labute approximate surface area is 123 Å². The second-order valence-electron chi connectivity index (χ2n) is 3.98. The van der Waals surface area contributed by atoms with E-state index >= 15 is 0 Å². The van der Waals surface area contributed by atoms with Crippen molar-refractivity contribution in [3.05, 3.63) is 58.1 Å². The summed E-state index contributed by atoms with van der Waals surface area (Å²) in [5.41, 5.74) is 7.48. The third-order valence-electron chi connectivity index (χ3n) is 2.64. The first-order chi connectivity index (χ1) is 9.61. The second-order valence-corrected chi connectivity index (χ2v) is 4.83. The number of halogens is 2. The number of oxime groups is 1. The van der Waals surface area contributed by atoms with E-state index in [0.29, 0.717) is 16.7 Å². The molecule has 0 bridgehead atoms. The molecule has 0 fully saturated rings. The van der Waals surface area contributed by atoms with Gasteiger partial charge >= 0.3 is 0 Å². The highest BCUT2D eigenvalue weighted by Crippen LogP contribution is 2.20. The monoisotopic (exact) mass is 338 g/mol. The van der Waals surface area contributed by atoms with Crippen molar-refractivity contribution in [2.45, 2.75) is 6.54 Å². The summed E-state index contributed by atoms with van der Waals surface area (Å²) in [6.45, 7) is 0.414. The van der Waals surface area contributed by atoms with Gasteiger partial charge in [0.1, 0.15) is 11.5 Å². The van der Waals surface area contributed by atoms with Crippen LogP contribution >= 0.6 is 15.9 Å². The van der Waals surface area contributed by atoms with Gasteiger partial charge in [-0.15, -0.1) is 0 Å². The van der Waals surface area contributed by atoms with Gasteiger partial charge in [0.15, 0.2) is 5.84 Å². The van der Waals surface area contributed by atoms with E-state index in [1.165, 1.54) is 6.07 Å². The molecule has 0 aliphatic heterocycles. The fourth-order valence-electron chi connectivity index (χ4n) is 1.66. The Morgan fingerprint density at radius 1 is 1.45 bits per heavy atom. The van der Waals surface area contributed by atoms with Crippen molar-refractivity contribution in [3.8, 4) is 0 Å². The van der Waals surface area contributed by atoms with Crippen molar-refractivity contribution >= 4 is 27.5 Å². The largest absolute Gasteiger partial charge is 0.409 e. The number of hydrogen-bond donors (Lipinski definition) is 3. The molecule has 2 aromatic rings. The van der Waals surface area contributed by atoms with E-state index < -0.39 is 0 Å². The molecule has 0 unspecified atom stereocenters. The van der Waals surface area contributed by atoms with Crippen molar-refractivity contribution in [1.82, 2.24) is 4.98 Å². The Balaban J connectivity index is 2.17. The molecule has 1 aromatic carbocycles. The van der Waals surface area contributed by atoms with Gasteiger partial charge in [0.2, 0.25) is 0 Å². The van der Waals surface area contributed by atoms with Crippen molar-refractivity contribution in [1.29, 1.82) is 0 Å². The molecule has 1 aromatic heterocycles. The Kier molecular flexibility index (Phi) is 4.52. The zero-order chi connectivity index (χ0) is 14.5. The van der Waals surface area contributed by atoms with Gasteiger partial charge in [-0.2, -0.15) is 0 Å². The zero-order valence-corrected chi connectivity index (χ0v) is 11.9. The number of nitrogens with zero attached hydrogens (tertiary/aromatic N) is 2. The molecular weight excluding hydrogens is 327 g/mol. The van der Waals surface area contributed by atoms with Crippen LogP contribution in [0.5, 0.6) is 0 Å². The van der Waals surface area contributed by atoms with Crippen LogP contribution in [0.15, 0.2) is 46.2 Å². The number of pyridine rings is 1. The van der Waals surface area contributed by atoms with Gasteiger partial charge < -0.3 is 16.3 Å². The quantitative estimate of drug-likeness (QED) is 0.346. The first kappa shape index (κ1) is 14.3. The number of nitrogens with two attached hydrogens (primary N) is 1. The molecule has 7 heteroatoms. The van der Waals surface area contributed by atoms with Gasteiger partial charge in [-0.05, 0) is 40.2 Å². The first-order valence-corrected chi connectivity index (χ1v) is 6.52. The predicted molar refractivity (Wildman–Crippen MR) is 78.2 cm³/mol. The number of benzene rings is 1. The third kappa shape index (κ3) is 3.24. The van der Waals surface area contributed by atoms with Gasteiger partial charge in [-0.1, -0.05) is 11.2 Å². The summed E-state index contributed by atoms with van der Waals surface area (Å²) in [6.07, 6.45) is 1.56. The molecule has 0 aliphatic rings. The Hall–Kier alpha value is -2.15. The Bertz CT molecular complexity index is 648. The molecule has 0 amide bonds. The van der Waals surface area contributed by atoms with Crippen molar-refractivity contribution in [2.24, 2.45) is 10.9 Å². The maximum atomic E-state index is 13.1.